The van der Waals surface area contributed by atoms with Gasteiger partial charge in [0.15, 0.2) is 0 Å². The lowest BCUT2D eigenvalue weighted by atomic mass is 9.84. The van der Waals surface area contributed by atoms with E-state index in [1.54, 1.807) is 24.3 Å². The van der Waals surface area contributed by atoms with Crippen molar-refractivity contribution in [3.05, 3.63) is 39.9 Å². The van der Waals surface area contributed by atoms with Gasteiger partial charge in [0.05, 0.1) is 0 Å². The van der Waals surface area contributed by atoms with Gasteiger partial charge in [-0.2, -0.15) is 0 Å². The SMILES string of the molecule is C[C@@H](NC(=O)/C=C/c1ccc(Cl)cc1Cl)[C@H]1C[C@H]2CC[C@H]1C2. The lowest BCUT2D eigenvalue weighted by Gasteiger charge is -2.28. The molecule has 2 saturated carbocycles. The smallest absolute Gasteiger partial charge is 0.244 e. The summed E-state index contributed by atoms with van der Waals surface area (Å²) in [5.74, 6) is 2.31. The van der Waals surface area contributed by atoms with Crippen molar-refractivity contribution in [2.75, 3.05) is 0 Å². The van der Waals surface area contributed by atoms with Gasteiger partial charge < -0.3 is 5.32 Å². The first kappa shape index (κ1) is 15.9. The summed E-state index contributed by atoms with van der Waals surface area (Å²) in [5.41, 5.74) is 0.800. The van der Waals surface area contributed by atoms with Crippen LogP contribution < -0.4 is 5.32 Å². The molecular weight excluding hydrogens is 317 g/mol. The highest BCUT2D eigenvalue weighted by Crippen LogP contribution is 2.49. The highest BCUT2D eigenvalue weighted by molar-refractivity contribution is 6.35. The minimum Gasteiger partial charge on any atom is -0.350 e. The van der Waals surface area contributed by atoms with Gasteiger partial charge in [0.25, 0.3) is 0 Å². The van der Waals surface area contributed by atoms with Crippen molar-refractivity contribution in [3.63, 3.8) is 0 Å². The second-order valence-electron chi connectivity index (χ2n) is 6.64. The van der Waals surface area contributed by atoms with E-state index in [-0.39, 0.29) is 11.9 Å². The van der Waals surface area contributed by atoms with Gasteiger partial charge in [-0.1, -0.05) is 35.7 Å². The predicted molar refractivity (Wildman–Crippen MR) is 92.0 cm³/mol. The van der Waals surface area contributed by atoms with Gasteiger partial charge in [0.2, 0.25) is 5.91 Å². The fourth-order valence-electron chi connectivity index (χ4n) is 4.09. The Labute approximate surface area is 141 Å². The van der Waals surface area contributed by atoms with Crippen molar-refractivity contribution in [1.29, 1.82) is 0 Å². The first-order chi connectivity index (χ1) is 10.5. The van der Waals surface area contributed by atoms with E-state index in [1.165, 1.54) is 25.7 Å². The van der Waals surface area contributed by atoms with Gasteiger partial charge in [-0.3, -0.25) is 4.79 Å². The third-order valence-electron chi connectivity index (χ3n) is 5.18. The van der Waals surface area contributed by atoms with E-state index < -0.39 is 0 Å². The third kappa shape index (κ3) is 3.49. The molecular formula is C18H21Cl2NO. The lowest BCUT2D eigenvalue weighted by Crippen LogP contribution is -2.39. The molecule has 2 nitrogen and oxygen atoms in total. The van der Waals surface area contributed by atoms with E-state index in [4.69, 9.17) is 23.2 Å². The van der Waals surface area contributed by atoms with Crippen molar-refractivity contribution < 1.29 is 4.79 Å². The Hall–Kier alpha value is -0.990. The van der Waals surface area contributed by atoms with Gasteiger partial charge in [-0.25, -0.2) is 0 Å². The molecule has 2 aliphatic carbocycles. The number of hydrogen-bond acceptors (Lipinski definition) is 1. The number of hydrogen-bond donors (Lipinski definition) is 1. The standard InChI is InChI=1S/C18H21Cl2NO/c1-11(16-9-12-2-3-14(16)8-12)21-18(22)7-5-13-4-6-15(19)10-17(13)20/h4-7,10-12,14,16H,2-3,8-9H2,1H3,(H,21,22)/b7-5+/t11-,12+,14+,16-/m1/s1. The average molecular weight is 338 g/mol. The van der Waals surface area contributed by atoms with Crippen LogP contribution in [0, 0.1) is 17.8 Å². The van der Waals surface area contributed by atoms with Gasteiger partial charge in [0.1, 0.15) is 0 Å². The van der Waals surface area contributed by atoms with Crippen LogP contribution in [0.4, 0.5) is 0 Å². The van der Waals surface area contributed by atoms with Crippen LogP contribution >= 0.6 is 23.2 Å². The van der Waals surface area contributed by atoms with Crippen molar-refractivity contribution in [2.45, 2.75) is 38.6 Å². The normalized spacial score (nSPS) is 28.2. The summed E-state index contributed by atoms with van der Waals surface area (Å²) >= 11 is 12.0. The molecule has 118 valence electrons. The van der Waals surface area contributed by atoms with Crippen LogP contribution in [-0.4, -0.2) is 11.9 Å². The largest absolute Gasteiger partial charge is 0.350 e. The summed E-state index contributed by atoms with van der Waals surface area (Å²) in [5, 5.41) is 4.26. The number of rotatable bonds is 4. The Morgan fingerprint density at radius 2 is 2.14 bits per heavy atom. The first-order valence-corrected chi connectivity index (χ1v) is 8.72. The van der Waals surface area contributed by atoms with Crippen LogP contribution in [-0.2, 0) is 4.79 Å². The van der Waals surface area contributed by atoms with E-state index >= 15 is 0 Å². The maximum Gasteiger partial charge on any atom is 0.244 e. The van der Waals surface area contributed by atoms with Gasteiger partial charge in [-0.05, 0) is 67.7 Å². The minimum absolute atomic E-state index is 0.0544. The Morgan fingerprint density at radius 1 is 1.32 bits per heavy atom. The number of nitrogens with one attached hydrogen (secondary N) is 1. The zero-order valence-corrected chi connectivity index (χ0v) is 14.2. The van der Waals surface area contributed by atoms with Crippen molar-refractivity contribution in [3.8, 4) is 0 Å². The quantitative estimate of drug-likeness (QED) is 0.774. The number of fused-ring (bicyclic) bond motifs is 2. The van der Waals surface area contributed by atoms with E-state index in [2.05, 4.69) is 12.2 Å². The number of carbonyl (C=O) groups is 1. The number of amides is 1. The topological polar surface area (TPSA) is 29.1 Å². The molecule has 1 aromatic rings. The third-order valence-corrected chi connectivity index (χ3v) is 5.74. The maximum atomic E-state index is 12.1. The Bertz CT molecular complexity index is 599. The van der Waals surface area contributed by atoms with Crippen molar-refractivity contribution in [2.24, 2.45) is 17.8 Å². The second kappa shape index (κ2) is 6.64. The number of halogens is 2. The molecule has 4 heteroatoms. The molecule has 0 aromatic heterocycles. The molecule has 0 aliphatic heterocycles. The highest BCUT2D eigenvalue weighted by atomic mass is 35.5. The molecule has 0 unspecified atom stereocenters. The van der Waals surface area contributed by atoms with Gasteiger partial charge in [0, 0.05) is 22.2 Å². The van der Waals surface area contributed by atoms with E-state index in [9.17, 15) is 4.79 Å². The fraction of sp³-hybridized carbons (Fsp3) is 0.500. The summed E-state index contributed by atoms with van der Waals surface area (Å²) < 4.78 is 0. The molecule has 1 N–H and O–H groups in total. The molecule has 2 aliphatic rings. The van der Waals surface area contributed by atoms with Crippen molar-refractivity contribution in [1.82, 2.24) is 5.32 Å². The van der Waals surface area contributed by atoms with Crippen LogP contribution in [0.2, 0.25) is 10.0 Å². The minimum atomic E-state index is -0.0544. The van der Waals surface area contributed by atoms with Crippen LogP contribution in [0.3, 0.4) is 0 Å². The van der Waals surface area contributed by atoms with Crippen LogP contribution in [0.1, 0.15) is 38.2 Å². The van der Waals surface area contributed by atoms with Gasteiger partial charge >= 0.3 is 0 Å². The van der Waals surface area contributed by atoms with Crippen LogP contribution in [0.15, 0.2) is 24.3 Å². The zero-order valence-electron chi connectivity index (χ0n) is 12.7. The van der Waals surface area contributed by atoms with Crippen molar-refractivity contribution >= 4 is 35.2 Å². The average Bonchev–Trinajstić information content (AvgIpc) is 3.09. The molecule has 0 heterocycles. The van der Waals surface area contributed by atoms with Crippen LogP contribution in [0.25, 0.3) is 6.08 Å². The predicted octanol–water partition coefficient (Wildman–Crippen LogP) is 4.95. The first-order valence-electron chi connectivity index (χ1n) is 7.96. The lowest BCUT2D eigenvalue weighted by molar-refractivity contribution is -0.117. The van der Waals surface area contributed by atoms with Gasteiger partial charge in [-0.15, -0.1) is 0 Å². The molecule has 1 aromatic carbocycles. The Kier molecular flexibility index (Phi) is 4.79. The van der Waals surface area contributed by atoms with E-state index in [0.29, 0.717) is 16.0 Å². The molecule has 2 bridgehead atoms. The second-order valence-corrected chi connectivity index (χ2v) is 7.48. The summed E-state index contributed by atoms with van der Waals surface area (Å²) in [6.45, 7) is 2.13. The Balaban J connectivity index is 1.56. The Morgan fingerprint density at radius 3 is 2.77 bits per heavy atom. The summed E-state index contributed by atoms with van der Waals surface area (Å²) in [7, 11) is 0. The molecule has 4 atom stereocenters. The van der Waals surface area contributed by atoms with Crippen LogP contribution in [0.5, 0.6) is 0 Å². The van der Waals surface area contributed by atoms with E-state index in [0.717, 1.165) is 17.4 Å². The number of carbonyl (C=O) groups excluding carboxylic acids is 1. The number of benzene rings is 1. The molecule has 1 amide bonds. The summed E-state index contributed by atoms with van der Waals surface area (Å²) in [4.78, 5) is 12.1. The maximum absolute atomic E-state index is 12.1. The summed E-state index contributed by atoms with van der Waals surface area (Å²) in [6.07, 6.45) is 8.66. The zero-order chi connectivity index (χ0) is 15.7. The molecule has 22 heavy (non-hydrogen) atoms. The molecule has 0 radical (unpaired) electrons. The fourth-order valence-corrected chi connectivity index (χ4v) is 4.56. The molecule has 0 saturated heterocycles. The highest BCUT2D eigenvalue weighted by Gasteiger charge is 2.41. The molecule has 3 rings (SSSR count). The monoisotopic (exact) mass is 337 g/mol. The van der Waals surface area contributed by atoms with E-state index in [1.807, 2.05) is 6.07 Å². The molecule has 0 spiro atoms. The summed E-state index contributed by atoms with van der Waals surface area (Å²) in [6, 6.07) is 5.50. The molecule has 2 fully saturated rings.